The second-order valence-corrected chi connectivity index (χ2v) is 5.69. The number of anilines is 2. The van der Waals surface area contributed by atoms with Crippen LogP contribution in [0.1, 0.15) is 5.56 Å². The van der Waals surface area contributed by atoms with Gasteiger partial charge in [0.1, 0.15) is 12.4 Å². The number of rotatable bonds is 6. The van der Waals surface area contributed by atoms with Crippen molar-refractivity contribution in [3.05, 3.63) is 66.2 Å². The van der Waals surface area contributed by atoms with E-state index < -0.39 is 12.5 Å². The van der Waals surface area contributed by atoms with Crippen LogP contribution in [0.15, 0.2) is 60.7 Å². The molecule has 3 aromatic carbocycles. The van der Waals surface area contributed by atoms with Gasteiger partial charge in [-0.1, -0.05) is 24.3 Å². The van der Waals surface area contributed by atoms with E-state index in [2.05, 4.69) is 28.8 Å². The molecule has 5 heteroatoms. The van der Waals surface area contributed by atoms with Gasteiger partial charge in [-0.15, -0.1) is 0 Å². The first-order valence-corrected chi connectivity index (χ1v) is 7.99. The summed E-state index contributed by atoms with van der Waals surface area (Å²) in [6.45, 7) is 0.138. The van der Waals surface area contributed by atoms with Crippen LogP contribution >= 0.6 is 0 Å². The fourth-order valence-electron chi connectivity index (χ4n) is 2.62. The van der Waals surface area contributed by atoms with Gasteiger partial charge < -0.3 is 20.5 Å². The van der Waals surface area contributed by atoms with E-state index >= 15 is 0 Å². The summed E-state index contributed by atoms with van der Waals surface area (Å²) < 4.78 is 5.25. The van der Waals surface area contributed by atoms with Crippen molar-refractivity contribution in [2.75, 3.05) is 24.4 Å². The predicted molar refractivity (Wildman–Crippen MR) is 100.0 cm³/mol. The average molecular weight is 336 g/mol. The van der Waals surface area contributed by atoms with E-state index in [-0.39, 0.29) is 0 Å². The molecule has 0 saturated carbocycles. The summed E-state index contributed by atoms with van der Waals surface area (Å²) in [5.74, 6) is 0.419. The maximum Gasteiger partial charge on any atom is 0.250 e. The van der Waals surface area contributed by atoms with Crippen molar-refractivity contribution in [2.45, 2.75) is 6.54 Å². The van der Waals surface area contributed by atoms with Crippen LogP contribution in [0.2, 0.25) is 0 Å². The molecule has 3 N–H and O–H groups in total. The van der Waals surface area contributed by atoms with Crippen LogP contribution in [-0.4, -0.2) is 24.7 Å². The molecule has 0 aliphatic heterocycles. The molecule has 0 aliphatic carbocycles. The summed E-state index contributed by atoms with van der Waals surface area (Å²) in [5.41, 5.74) is 2.70. The van der Waals surface area contributed by atoms with Crippen molar-refractivity contribution in [1.82, 2.24) is 0 Å². The van der Waals surface area contributed by atoms with Crippen molar-refractivity contribution in [1.29, 1.82) is 0 Å². The quantitative estimate of drug-likeness (QED) is 0.645. The highest BCUT2D eigenvalue weighted by Gasteiger charge is 2.02. The van der Waals surface area contributed by atoms with Gasteiger partial charge in [0.2, 0.25) is 5.91 Å². The van der Waals surface area contributed by atoms with Crippen molar-refractivity contribution in [3.8, 4) is 5.75 Å². The Morgan fingerprint density at radius 3 is 2.56 bits per heavy atom. The Balaban J connectivity index is 1.70. The number of amides is 1. The van der Waals surface area contributed by atoms with Gasteiger partial charge in [0.25, 0.3) is 0 Å². The zero-order chi connectivity index (χ0) is 17.6. The molecular weight excluding hydrogens is 316 g/mol. The van der Waals surface area contributed by atoms with Crippen molar-refractivity contribution in [3.63, 3.8) is 0 Å². The number of aliphatic hydroxyl groups is 1. The largest absolute Gasteiger partial charge is 0.497 e. The third-order valence-corrected chi connectivity index (χ3v) is 3.90. The van der Waals surface area contributed by atoms with Gasteiger partial charge in [0.05, 0.1) is 7.11 Å². The molecule has 0 radical (unpaired) electrons. The molecule has 25 heavy (non-hydrogen) atoms. The second-order valence-electron chi connectivity index (χ2n) is 5.69. The van der Waals surface area contributed by atoms with Crippen LogP contribution in [0.3, 0.4) is 0 Å². The molecule has 5 nitrogen and oxygen atoms in total. The number of nitrogens with one attached hydrogen (secondary N) is 2. The van der Waals surface area contributed by atoms with Crippen LogP contribution < -0.4 is 15.4 Å². The normalized spacial score (nSPS) is 10.5. The van der Waals surface area contributed by atoms with Gasteiger partial charge in [-0.3, -0.25) is 4.79 Å². The van der Waals surface area contributed by atoms with E-state index in [4.69, 9.17) is 9.84 Å². The van der Waals surface area contributed by atoms with Crippen molar-refractivity contribution >= 4 is 28.1 Å². The fraction of sp³-hybridized carbons (Fsp3) is 0.150. The SMILES string of the molecule is COc1ccc2cc(CNc3cccc(NC(=O)CO)c3)ccc2c1. The number of fused-ring (bicyclic) bond motifs is 1. The standard InChI is InChI=1S/C20H20N2O3/c1-25-19-8-7-15-9-14(5-6-16(15)10-19)12-21-17-3-2-4-18(11-17)22-20(24)13-23/h2-11,21,23H,12-13H2,1H3,(H,22,24). The molecule has 0 fully saturated rings. The van der Waals surface area contributed by atoms with Crippen molar-refractivity contribution < 1.29 is 14.6 Å². The molecular formula is C20H20N2O3. The highest BCUT2D eigenvalue weighted by molar-refractivity contribution is 5.92. The third-order valence-electron chi connectivity index (χ3n) is 3.90. The van der Waals surface area contributed by atoms with Crippen LogP contribution in [0.4, 0.5) is 11.4 Å². The highest BCUT2D eigenvalue weighted by Crippen LogP contribution is 2.22. The number of carbonyl (C=O) groups excluding carboxylic acids is 1. The maximum atomic E-state index is 11.3. The van der Waals surface area contributed by atoms with Crippen LogP contribution in [-0.2, 0) is 11.3 Å². The fourth-order valence-corrected chi connectivity index (χ4v) is 2.62. The Kier molecular flexibility index (Phi) is 5.16. The van der Waals surface area contributed by atoms with Crippen LogP contribution in [0.5, 0.6) is 5.75 Å². The summed E-state index contributed by atoms with van der Waals surface area (Å²) in [5, 5.41) is 17.1. The highest BCUT2D eigenvalue weighted by atomic mass is 16.5. The van der Waals surface area contributed by atoms with E-state index in [9.17, 15) is 4.79 Å². The molecule has 3 aromatic rings. The Morgan fingerprint density at radius 2 is 1.76 bits per heavy atom. The molecule has 128 valence electrons. The lowest BCUT2D eigenvalue weighted by Gasteiger charge is -2.10. The zero-order valence-electron chi connectivity index (χ0n) is 14.0. The summed E-state index contributed by atoms with van der Waals surface area (Å²) in [6, 6.07) is 19.7. The smallest absolute Gasteiger partial charge is 0.250 e. The first-order chi connectivity index (χ1) is 12.2. The molecule has 0 heterocycles. The lowest BCUT2D eigenvalue weighted by Crippen LogP contribution is -2.15. The topological polar surface area (TPSA) is 70.6 Å². The van der Waals surface area contributed by atoms with Crippen LogP contribution in [0.25, 0.3) is 10.8 Å². The van der Waals surface area contributed by atoms with E-state index in [0.29, 0.717) is 12.2 Å². The number of ether oxygens (including phenoxy) is 1. The Morgan fingerprint density at radius 1 is 1.00 bits per heavy atom. The molecule has 3 rings (SSSR count). The molecule has 0 bridgehead atoms. The van der Waals surface area contributed by atoms with Gasteiger partial charge in [-0.2, -0.15) is 0 Å². The van der Waals surface area contributed by atoms with Crippen molar-refractivity contribution in [2.24, 2.45) is 0 Å². The minimum atomic E-state index is -0.528. The number of hydrogen-bond acceptors (Lipinski definition) is 4. The Hall–Kier alpha value is -3.05. The summed E-state index contributed by atoms with van der Waals surface area (Å²) in [6.07, 6.45) is 0. The first-order valence-electron chi connectivity index (χ1n) is 7.99. The molecule has 0 unspecified atom stereocenters. The average Bonchev–Trinajstić information content (AvgIpc) is 2.66. The van der Waals surface area contributed by atoms with Crippen LogP contribution in [0, 0.1) is 0 Å². The first kappa shape index (κ1) is 16.8. The van der Waals surface area contributed by atoms with E-state index in [0.717, 1.165) is 27.8 Å². The number of benzene rings is 3. The maximum absolute atomic E-state index is 11.3. The molecule has 0 aliphatic rings. The Bertz CT molecular complexity index is 893. The molecule has 0 atom stereocenters. The Labute approximate surface area is 146 Å². The van der Waals surface area contributed by atoms with Gasteiger partial charge in [-0.05, 0) is 52.7 Å². The van der Waals surface area contributed by atoms with Gasteiger partial charge >= 0.3 is 0 Å². The van der Waals surface area contributed by atoms with Gasteiger partial charge in [0, 0.05) is 17.9 Å². The van der Waals surface area contributed by atoms with E-state index in [1.54, 1.807) is 13.2 Å². The summed E-state index contributed by atoms with van der Waals surface area (Å²) >= 11 is 0. The third kappa shape index (κ3) is 4.28. The molecule has 1 amide bonds. The number of aliphatic hydroxyl groups excluding tert-OH is 1. The van der Waals surface area contributed by atoms with E-state index in [1.165, 1.54) is 0 Å². The molecule has 0 saturated heterocycles. The minimum absolute atomic E-state index is 0.429. The second kappa shape index (κ2) is 7.68. The summed E-state index contributed by atoms with van der Waals surface area (Å²) in [4.78, 5) is 11.3. The number of methoxy groups -OCH3 is 1. The predicted octanol–water partition coefficient (Wildman–Crippen LogP) is 3.39. The number of carbonyl (C=O) groups is 1. The van der Waals surface area contributed by atoms with Gasteiger partial charge in [-0.25, -0.2) is 0 Å². The minimum Gasteiger partial charge on any atom is -0.497 e. The number of hydrogen-bond donors (Lipinski definition) is 3. The molecule has 0 aromatic heterocycles. The molecule has 0 spiro atoms. The lowest BCUT2D eigenvalue weighted by atomic mass is 10.1. The zero-order valence-corrected chi connectivity index (χ0v) is 14.0. The van der Waals surface area contributed by atoms with E-state index in [1.807, 2.05) is 36.4 Å². The monoisotopic (exact) mass is 336 g/mol. The summed E-state index contributed by atoms with van der Waals surface area (Å²) in [7, 11) is 1.66. The lowest BCUT2D eigenvalue weighted by molar-refractivity contribution is -0.118. The van der Waals surface area contributed by atoms with Gasteiger partial charge in [0.15, 0.2) is 0 Å².